The van der Waals surface area contributed by atoms with Crippen LogP contribution >= 0.6 is 11.3 Å². The highest BCUT2D eigenvalue weighted by molar-refractivity contribution is 7.13. The van der Waals surface area contributed by atoms with Crippen LogP contribution in [0.1, 0.15) is 5.56 Å². The third-order valence-corrected chi connectivity index (χ3v) is 4.82. The zero-order chi connectivity index (χ0) is 18.7. The van der Waals surface area contributed by atoms with Crippen LogP contribution in [0.4, 0.5) is 5.82 Å². The van der Waals surface area contributed by atoms with Gasteiger partial charge in [0.15, 0.2) is 11.5 Å². The second kappa shape index (κ2) is 7.33. The molecule has 0 aliphatic carbocycles. The average molecular weight is 367 g/mol. The number of nitriles is 1. The minimum absolute atomic E-state index is 0.172. The average Bonchev–Trinajstić information content (AvgIpc) is 3.21. The highest BCUT2D eigenvalue weighted by atomic mass is 32.1. The van der Waals surface area contributed by atoms with E-state index in [2.05, 4.69) is 11.1 Å². The Bertz CT molecular complexity index is 979. The molecular formula is C19H17N3O3S. The van der Waals surface area contributed by atoms with E-state index in [0.717, 1.165) is 4.88 Å². The summed E-state index contributed by atoms with van der Waals surface area (Å²) < 4.78 is 16.2. The van der Waals surface area contributed by atoms with Gasteiger partial charge in [-0.2, -0.15) is 5.26 Å². The Labute approximate surface area is 155 Å². The number of thiophene rings is 1. The number of nitrogen functional groups attached to an aromatic ring is 1. The molecule has 0 atom stereocenters. The Balaban J connectivity index is 2.31. The topological polar surface area (TPSA) is 90.4 Å². The van der Waals surface area contributed by atoms with Gasteiger partial charge in [0.25, 0.3) is 0 Å². The van der Waals surface area contributed by atoms with Gasteiger partial charge in [0.2, 0.25) is 0 Å². The molecule has 0 aliphatic heterocycles. The van der Waals surface area contributed by atoms with Crippen LogP contribution in [0.25, 0.3) is 21.7 Å². The molecule has 132 valence electrons. The van der Waals surface area contributed by atoms with E-state index in [4.69, 9.17) is 19.9 Å². The molecule has 0 spiro atoms. The second-order valence-electron chi connectivity index (χ2n) is 5.31. The van der Waals surface area contributed by atoms with E-state index in [1.165, 1.54) is 0 Å². The van der Waals surface area contributed by atoms with E-state index in [1.807, 2.05) is 23.6 Å². The molecule has 7 heteroatoms. The first kappa shape index (κ1) is 17.6. The Morgan fingerprint density at radius 1 is 1.00 bits per heavy atom. The summed E-state index contributed by atoms with van der Waals surface area (Å²) in [5.41, 5.74) is 8.35. The first-order valence-electron chi connectivity index (χ1n) is 7.67. The summed E-state index contributed by atoms with van der Waals surface area (Å²) in [5.74, 6) is 1.78. The summed E-state index contributed by atoms with van der Waals surface area (Å²) in [6.45, 7) is 0. The maximum absolute atomic E-state index is 9.61. The molecule has 0 unspecified atom stereocenters. The minimum atomic E-state index is 0.172. The lowest BCUT2D eigenvalue weighted by molar-refractivity contribution is 0.349. The summed E-state index contributed by atoms with van der Waals surface area (Å²) in [6.07, 6.45) is 0. The monoisotopic (exact) mass is 367 g/mol. The van der Waals surface area contributed by atoms with Gasteiger partial charge in [-0.25, -0.2) is 4.98 Å². The lowest BCUT2D eigenvalue weighted by atomic mass is 9.98. The van der Waals surface area contributed by atoms with Crippen molar-refractivity contribution in [2.24, 2.45) is 0 Å². The lowest BCUT2D eigenvalue weighted by Gasteiger charge is -2.16. The van der Waals surface area contributed by atoms with E-state index in [-0.39, 0.29) is 11.4 Å². The lowest BCUT2D eigenvalue weighted by Crippen LogP contribution is -2.01. The standard InChI is InChI=1S/C19H17N3O3S/c1-23-15-9-17(25-3)16(24-2)8-12(15)11-7-14(18-5-4-6-26-18)22-19(21)13(11)10-20/h4-9H,1-3H3,(H2,21,22). The number of nitrogens with two attached hydrogens (primary N) is 1. The van der Waals surface area contributed by atoms with Gasteiger partial charge in [-0.3, -0.25) is 0 Å². The van der Waals surface area contributed by atoms with Gasteiger partial charge in [-0.05, 0) is 23.6 Å². The van der Waals surface area contributed by atoms with Crippen molar-refractivity contribution in [3.05, 3.63) is 41.3 Å². The van der Waals surface area contributed by atoms with Gasteiger partial charge in [0.05, 0.1) is 31.9 Å². The van der Waals surface area contributed by atoms with Crippen LogP contribution in [0.15, 0.2) is 35.7 Å². The van der Waals surface area contributed by atoms with E-state index in [9.17, 15) is 5.26 Å². The number of nitrogens with zero attached hydrogens (tertiary/aromatic N) is 2. The smallest absolute Gasteiger partial charge is 0.164 e. The maximum atomic E-state index is 9.61. The number of ether oxygens (including phenoxy) is 3. The van der Waals surface area contributed by atoms with E-state index in [1.54, 1.807) is 44.8 Å². The summed E-state index contributed by atoms with van der Waals surface area (Å²) >= 11 is 1.55. The number of methoxy groups -OCH3 is 3. The molecule has 2 heterocycles. The van der Waals surface area contributed by atoms with Crippen molar-refractivity contribution in [1.82, 2.24) is 4.98 Å². The first-order valence-corrected chi connectivity index (χ1v) is 8.55. The van der Waals surface area contributed by atoms with Crippen LogP contribution in [-0.2, 0) is 0 Å². The Morgan fingerprint density at radius 3 is 2.27 bits per heavy atom. The van der Waals surface area contributed by atoms with Crippen molar-refractivity contribution >= 4 is 17.2 Å². The van der Waals surface area contributed by atoms with Crippen LogP contribution in [0, 0.1) is 11.3 Å². The number of rotatable bonds is 5. The first-order chi connectivity index (χ1) is 12.6. The molecule has 3 rings (SSSR count). The van der Waals surface area contributed by atoms with Gasteiger partial charge < -0.3 is 19.9 Å². The summed E-state index contributed by atoms with van der Waals surface area (Å²) in [6, 6.07) is 11.4. The fraction of sp³-hybridized carbons (Fsp3) is 0.158. The van der Waals surface area contributed by atoms with Crippen molar-refractivity contribution < 1.29 is 14.2 Å². The zero-order valence-electron chi connectivity index (χ0n) is 14.6. The van der Waals surface area contributed by atoms with E-state index in [0.29, 0.717) is 34.1 Å². The van der Waals surface area contributed by atoms with Gasteiger partial charge in [0, 0.05) is 17.2 Å². The number of anilines is 1. The maximum Gasteiger partial charge on any atom is 0.164 e. The summed E-state index contributed by atoms with van der Waals surface area (Å²) in [4.78, 5) is 5.33. The van der Waals surface area contributed by atoms with Crippen molar-refractivity contribution in [2.45, 2.75) is 0 Å². The number of hydrogen-bond acceptors (Lipinski definition) is 7. The van der Waals surface area contributed by atoms with E-state index < -0.39 is 0 Å². The number of aromatic nitrogens is 1. The number of pyridine rings is 1. The normalized spacial score (nSPS) is 10.2. The Hall–Kier alpha value is -3.24. The van der Waals surface area contributed by atoms with E-state index >= 15 is 0 Å². The highest BCUT2D eigenvalue weighted by Crippen LogP contribution is 2.43. The van der Waals surface area contributed by atoms with Gasteiger partial charge in [0.1, 0.15) is 23.2 Å². The van der Waals surface area contributed by atoms with Crippen LogP contribution in [0.5, 0.6) is 17.2 Å². The predicted molar refractivity (Wildman–Crippen MR) is 102 cm³/mol. The van der Waals surface area contributed by atoms with Crippen molar-refractivity contribution in [3.8, 4) is 45.0 Å². The molecule has 0 saturated heterocycles. The summed E-state index contributed by atoms with van der Waals surface area (Å²) in [5, 5.41) is 11.6. The molecule has 0 amide bonds. The second-order valence-corrected chi connectivity index (χ2v) is 6.26. The zero-order valence-corrected chi connectivity index (χ0v) is 15.4. The quantitative estimate of drug-likeness (QED) is 0.734. The fourth-order valence-electron chi connectivity index (χ4n) is 2.68. The van der Waals surface area contributed by atoms with Gasteiger partial charge in [-0.15, -0.1) is 11.3 Å². The molecular weight excluding hydrogens is 350 g/mol. The number of hydrogen-bond donors (Lipinski definition) is 1. The van der Waals surface area contributed by atoms with Crippen molar-refractivity contribution in [3.63, 3.8) is 0 Å². The van der Waals surface area contributed by atoms with Gasteiger partial charge >= 0.3 is 0 Å². The van der Waals surface area contributed by atoms with Crippen molar-refractivity contribution in [1.29, 1.82) is 5.26 Å². The largest absolute Gasteiger partial charge is 0.496 e. The molecule has 0 radical (unpaired) electrons. The Kier molecular flexibility index (Phi) is 4.96. The molecule has 2 aromatic heterocycles. The molecule has 26 heavy (non-hydrogen) atoms. The molecule has 3 aromatic rings. The fourth-order valence-corrected chi connectivity index (χ4v) is 3.37. The molecule has 0 bridgehead atoms. The van der Waals surface area contributed by atoms with Crippen LogP contribution in [0.2, 0.25) is 0 Å². The predicted octanol–water partition coefficient (Wildman–Crippen LogP) is 3.96. The van der Waals surface area contributed by atoms with Crippen LogP contribution in [0.3, 0.4) is 0 Å². The molecule has 1 aromatic carbocycles. The Morgan fingerprint density at radius 2 is 1.69 bits per heavy atom. The highest BCUT2D eigenvalue weighted by Gasteiger charge is 2.19. The van der Waals surface area contributed by atoms with Crippen LogP contribution in [-0.4, -0.2) is 26.3 Å². The van der Waals surface area contributed by atoms with Crippen molar-refractivity contribution in [2.75, 3.05) is 27.1 Å². The van der Waals surface area contributed by atoms with Gasteiger partial charge in [-0.1, -0.05) is 6.07 Å². The third kappa shape index (κ3) is 3.03. The third-order valence-electron chi connectivity index (χ3n) is 3.93. The molecule has 6 nitrogen and oxygen atoms in total. The SMILES string of the molecule is COc1cc(OC)c(-c2cc(-c3cccs3)nc(N)c2C#N)cc1OC. The van der Waals surface area contributed by atoms with Crippen LogP contribution < -0.4 is 19.9 Å². The molecule has 0 fully saturated rings. The molecule has 2 N–H and O–H groups in total. The minimum Gasteiger partial charge on any atom is -0.496 e. The number of benzene rings is 1. The molecule has 0 saturated carbocycles. The summed E-state index contributed by atoms with van der Waals surface area (Å²) in [7, 11) is 4.66. The molecule has 0 aliphatic rings.